The molecule has 0 aliphatic carbocycles. The summed E-state index contributed by atoms with van der Waals surface area (Å²) in [5.41, 5.74) is 0. The summed E-state index contributed by atoms with van der Waals surface area (Å²) in [5.74, 6) is -2.55. The number of carboxylic acid groups (broad SMARTS) is 2. The van der Waals surface area contributed by atoms with E-state index in [0.29, 0.717) is 171 Å². The first-order chi connectivity index (χ1) is 44.0. The van der Waals surface area contributed by atoms with Crippen LogP contribution in [-0.4, -0.2) is 248 Å². The molecule has 0 heterocycles. The van der Waals surface area contributed by atoms with E-state index >= 15 is 0 Å². The Kier molecular flexibility index (Phi) is 70.8. The quantitative estimate of drug-likeness (QED) is 0.0356. The van der Waals surface area contributed by atoms with Gasteiger partial charge in [-0.2, -0.15) is 0 Å². The van der Waals surface area contributed by atoms with Gasteiger partial charge in [-0.1, -0.05) is 97.8 Å². The molecule has 0 aliphatic rings. The number of carboxylic acids is 2. The summed E-state index contributed by atoms with van der Waals surface area (Å²) in [6.45, 7) is 18.9. The SMILES string of the molecule is CC.CCNC(CCCCNC(=O)CCOCCOCCOCCOCCOCCOCCNC(=O)CCOCCOCCOCCOCCOCCOCCNC(=O)CCC(NC(=O)CCCCCCCCCCCCCCCCC(=O)O)C(=O)O)C(C)=O. The highest BCUT2D eigenvalue weighted by atomic mass is 16.6. The number of aliphatic carboxylic acids is 2. The van der Waals surface area contributed by atoms with Crippen LogP contribution in [0.2, 0.25) is 0 Å². The van der Waals surface area contributed by atoms with Gasteiger partial charge in [0.15, 0.2) is 0 Å². The molecule has 2 unspecified atom stereocenters. The lowest BCUT2D eigenvalue weighted by molar-refractivity contribution is -0.142. The summed E-state index contributed by atoms with van der Waals surface area (Å²) >= 11 is 0. The van der Waals surface area contributed by atoms with Crippen LogP contribution in [0.1, 0.15) is 175 Å². The summed E-state index contributed by atoms with van der Waals surface area (Å²) in [6, 6.07) is -1.23. The van der Waals surface area contributed by atoms with Crippen molar-refractivity contribution in [2.24, 2.45) is 0 Å². The predicted molar refractivity (Wildman–Crippen MR) is 342 cm³/mol. The number of hydrogen-bond donors (Lipinski definition) is 7. The molecule has 0 aromatic carbocycles. The zero-order valence-electron chi connectivity index (χ0n) is 55.9. The monoisotopic (exact) mass is 1300 g/mol. The third kappa shape index (κ3) is 69.9. The van der Waals surface area contributed by atoms with Crippen molar-refractivity contribution in [3.8, 4) is 0 Å². The van der Waals surface area contributed by atoms with Crippen LogP contribution in [-0.2, 0) is 90.4 Å². The van der Waals surface area contributed by atoms with Crippen molar-refractivity contribution in [1.82, 2.24) is 26.6 Å². The zero-order chi connectivity index (χ0) is 66.3. The largest absolute Gasteiger partial charge is 0.481 e. The Morgan fingerprint density at radius 1 is 0.311 bits per heavy atom. The Hall–Kier alpha value is -4.03. The molecule has 0 spiro atoms. The number of amides is 4. The molecule has 0 rings (SSSR count). The summed E-state index contributed by atoms with van der Waals surface area (Å²) in [4.78, 5) is 82.5. The highest BCUT2D eigenvalue weighted by molar-refractivity contribution is 5.84. The van der Waals surface area contributed by atoms with Crippen molar-refractivity contribution in [1.29, 1.82) is 0 Å². The minimum atomic E-state index is -1.17. The topological polar surface area (TPSA) is 331 Å². The first kappa shape index (κ1) is 88.0. The molecule has 0 aromatic heterocycles. The van der Waals surface area contributed by atoms with Gasteiger partial charge in [-0.3, -0.25) is 28.8 Å². The summed E-state index contributed by atoms with van der Waals surface area (Å²) < 4.78 is 65.9. The molecule has 2 atom stereocenters. The first-order valence-corrected chi connectivity index (χ1v) is 33.7. The second-order valence-corrected chi connectivity index (χ2v) is 21.0. The van der Waals surface area contributed by atoms with Gasteiger partial charge in [-0.05, 0) is 52.0 Å². The minimum Gasteiger partial charge on any atom is -0.481 e. The van der Waals surface area contributed by atoms with Gasteiger partial charge in [-0.15, -0.1) is 0 Å². The van der Waals surface area contributed by atoms with Crippen molar-refractivity contribution in [3.05, 3.63) is 0 Å². The lowest BCUT2D eigenvalue weighted by atomic mass is 10.0. The fourth-order valence-electron chi connectivity index (χ4n) is 8.40. The van der Waals surface area contributed by atoms with Crippen molar-refractivity contribution in [3.63, 3.8) is 0 Å². The zero-order valence-corrected chi connectivity index (χ0v) is 55.9. The van der Waals surface area contributed by atoms with E-state index in [4.69, 9.17) is 61.9 Å². The molecule has 26 heteroatoms. The van der Waals surface area contributed by atoms with E-state index in [1.165, 1.54) is 44.9 Å². The van der Waals surface area contributed by atoms with Crippen LogP contribution in [0.4, 0.5) is 0 Å². The van der Waals surface area contributed by atoms with Gasteiger partial charge in [0.1, 0.15) is 11.8 Å². The lowest BCUT2D eigenvalue weighted by Crippen LogP contribution is -2.41. The molecule has 530 valence electrons. The Bertz CT molecular complexity index is 1660. The van der Waals surface area contributed by atoms with Gasteiger partial charge in [0, 0.05) is 51.7 Å². The second-order valence-electron chi connectivity index (χ2n) is 21.0. The summed E-state index contributed by atoms with van der Waals surface area (Å²) in [6.07, 6.45) is 18.6. The van der Waals surface area contributed by atoms with Crippen LogP contribution in [0.5, 0.6) is 0 Å². The Morgan fingerprint density at radius 3 is 0.933 bits per heavy atom. The normalized spacial score (nSPS) is 11.8. The number of ketones is 1. The van der Waals surface area contributed by atoms with E-state index < -0.39 is 18.0 Å². The molecule has 0 saturated carbocycles. The van der Waals surface area contributed by atoms with E-state index in [-0.39, 0.29) is 87.3 Å². The average molecular weight is 1300 g/mol. The first-order valence-electron chi connectivity index (χ1n) is 33.7. The van der Waals surface area contributed by atoms with E-state index in [2.05, 4.69) is 26.6 Å². The van der Waals surface area contributed by atoms with E-state index in [0.717, 1.165) is 64.3 Å². The summed E-state index contributed by atoms with van der Waals surface area (Å²) in [7, 11) is 0. The molecule has 4 amide bonds. The molecule has 7 N–H and O–H groups in total. The standard InChI is InChI=1S/C62H117N5O21.C2H6/c1-3-63-55(54(2)68)20-18-19-27-64-58(70)25-30-77-34-38-81-42-46-85-50-53-88-49-45-84-41-37-80-33-29-66-59(71)26-31-78-35-39-82-43-47-86-51-52-87-48-44-83-40-36-79-32-28-65-57(69)24-23-56(62(75)76)67-60(72)21-16-14-12-10-8-6-4-5-7-9-11-13-15-17-22-61(73)74;1-2/h55-56,63H,3-53H2,1-2H3,(H,64,70)(H,65,69)(H,66,71)(H,67,72)(H,73,74)(H,75,76);1-2H3. The highest BCUT2D eigenvalue weighted by Crippen LogP contribution is 2.14. The van der Waals surface area contributed by atoms with E-state index in [9.17, 15) is 38.7 Å². The number of nitrogens with one attached hydrogen (secondary N) is 5. The third-order valence-electron chi connectivity index (χ3n) is 13.3. The highest BCUT2D eigenvalue weighted by Gasteiger charge is 2.21. The number of rotatable bonds is 72. The van der Waals surface area contributed by atoms with Crippen LogP contribution < -0.4 is 26.6 Å². The van der Waals surface area contributed by atoms with Gasteiger partial charge < -0.3 is 93.6 Å². The summed E-state index contributed by atoms with van der Waals surface area (Å²) in [5, 5.41) is 32.3. The molecule has 0 saturated heterocycles. The van der Waals surface area contributed by atoms with Crippen molar-refractivity contribution in [2.75, 3.05) is 185 Å². The second kappa shape index (κ2) is 72.4. The van der Waals surface area contributed by atoms with Gasteiger partial charge in [0.25, 0.3) is 0 Å². The van der Waals surface area contributed by atoms with Crippen LogP contribution in [0.25, 0.3) is 0 Å². The van der Waals surface area contributed by atoms with Crippen molar-refractivity contribution < 1.29 is 101 Å². The van der Waals surface area contributed by atoms with Crippen LogP contribution in [0.15, 0.2) is 0 Å². The number of carbonyl (C=O) groups excluding carboxylic acids is 5. The molecule has 90 heavy (non-hydrogen) atoms. The molecule has 0 bridgehead atoms. The molecule has 0 radical (unpaired) electrons. The lowest BCUT2D eigenvalue weighted by Gasteiger charge is -2.14. The number of hydrogen-bond acceptors (Lipinski definition) is 20. The number of unbranched alkanes of at least 4 members (excludes halogenated alkanes) is 14. The maximum absolute atomic E-state index is 12.4. The molecule has 0 aromatic rings. The van der Waals surface area contributed by atoms with Crippen LogP contribution >= 0.6 is 0 Å². The van der Waals surface area contributed by atoms with Crippen molar-refractivity contribution in [2.45, 2.75) is 187 Å². The smallest absolute Gasteiger partial charge is 0.326 e. The van der Waals surface area contributed by atoms with Gasteiger partial charge in [0.05, 0.1) is 165 Å². The average Bonchev–Trinajstić information content (AvgIpc) is 3.72. The van der Waals surface area contributed by atoms with Crippen LogP contribution in [0.3, 0.4) is 0 Å². The third-order valence-corrected chi connectivity index (χ3v) is 13.3. The maximum atomic E-state index is 12.4. The Labute approximate surface area is 539 Å². The van der Waals surface area contributed by atoms with Crippen molar-refractivity contribution >= 4 is 41.4 Å². The molecule has 26 nitrogen and oxygen atoms in total. The maximum Gasteiger partial charge on any atom is 0.326 e. The fourth-order valence-corrected chi connectivity index (χ4v) is 8.40. The fraction of sp³-hybridized carbons (Fsp3) is 0.891. The molecular formula is C64H123N5O21. The van der Waals surface area contributed by atoms with E-state index in [1.54, 1.807) is 6.92 Å². The van der Waals surface area contributed by atoms with Gasteiger partial charge in [0.2, 0.25) is 23.6 Å². The number of Topliss-reactive ketones (excluding diaryl/α,β-unsaturated/α-hetero) is 1. The molecular weight excluding hydrogens is 1170 g/mol. The molecule has 0 fully saturated rings. The van der Waals surface area contributed by atoms with E-state index in [1.807, 2.05) is 20.8 Å². The number of likely N-dealkylation sites (N-methyl/N-ethyl adjacent to an activating group) is 1. The molecule has 0 aliphatic heterocycles. The van der Waals surface area contributed by atoms with Gasteiger partial charge >= 0.3 is 11.9 Å². The van der Waals surface area contributed by atoms with Crippen LogP contribution in [0, 0.1) is 0 Å². The number of ether oxygens (including phenoxy) is 12. The Morgan fingerprint density at radius 2 is 0.611 bits per heavy atom. The number of carbonyl (C=O) groups is 7. The minimum absolute atomic E-state index is 0.00416. The Balaban J connectivity index is 0. The predicted octanol–water partition coefficient (Wildman–Crippen LogP) is 5.75. The van der Waals surface area contributed by atoms with Gasteiger partial charge in [-0.25, -0.2) is 4.79 Å².